The number of hydrogen-bond acceptors (Lipinski definition) is 4. The molecule has 0 aromatic heterocycles. The van der Waals surface area contributed by atoms with Crippen LogP contribution < -0.4 is 24.0 Å². The molecule has 1 rings (SSSR count). The number of hydrogen-bond donors (Lipinski definition) is 0. The van der Waals surface area contributed by atoms with Gasteiger partial charge >= 0.3 is 24.8 Å². The predicted molar refractivity (Wildman–Crippen MR) is 56.0 cm³/mol. The molecule has 0 unspecified atom stereocenters. The van der Waals surface area contributed by atoms with Crippen LogP contribution in [-0.4, -0.2) is 18.4 Å². The van der Waals surface area contributed by atoms with Gasteiger partial charge in [0, 0.05) is 5.56 Å². The summed E-state index contributed by atoms with van der Waals surface area (Å²) in [5.41, 5.74) is -0.259. The van der Waals surface area contributed by atoms with Gasteiger partial charge in [0.1, 0.15) is 5.82 Å². The van der Waals surface area contributed by atoms with E-state index in [0.717, 1.165) is 6.07 Å². The summed E-state index contributed by atoms with van der Waals surface area (Å²) in [5, 5.41) is 11.5. The fourth-order valence-electron chi connectivity index (χ4n) is 1.12. The van der Waals surface area contributed by atoms with Crippen LogP contribution in [0.25, 0.3) is 5.76 Å². The molecule has 0 spiro atoms. The van der Waals surface area contributed by atoms with Crippen molar-refractivity contribution in [2.24, 2.45) is 0 Å². The number of carbonyl (C=O) groups excluding carboxylic acids is 2. The second kappa shape index (κ2) is 7.70. The smallest absolute Gasteiger partial charge is 0.872 e. The summed E-state index contributed by atoms with van der Waals surface area (Å²) in [6.45, 7) is 1.57. The fourth-order valence-corrected chi connectivity index (χ4v) is 1.12. The SMILES string of the molecule is CCOC(=O)C(=O)/C=C(/[O-])c1ccccc1F.[Li+]. The zero-order chi connectivity index (χ0) is 12.8. The first kappa shape index (κ1) is 16.4. The van der Waals surface area contributed by atoms with Gasteiger partial charge in [-0.3, -0.25) is 4.79 Å². The Morgan fingerprint density at radius 1 is 1.39 bits per heavy atom. The molecule has 4 nitrogen and oxygen atoms in total. The Balaban J connectivity index is 0.00000289. The van der Waals surface area contributed by atoms with Gasteiger partial charge in [0.05, 0.1) is 6.61 Å². The summed E-state index contributed by atoms with van der Waals surface area (Å²) in [4.78, 5) is 22.1. The van der Waals surface area contributed by atoms with E-state index in [1.54, 1.807) is 0 Å². The molecule has 18 heavy (non-hydrogen) atoms. The van der Waals surface area contributed by atoms with E-state index in [1.165, 1.54) is 25.1 Å². The summed E-state index contributed by atoms with van der Waals surface area (Å²) < 4.78 is 17.6. The Morgan fingerprint density at radius 2 is 2.00 bits per heavy atom. The Bertz CT molecular complexity index is 471. The molecule has 90 valence electrons. The van der Waals surface area contributed by atoms with Gasteiger partial charge in [-0.25, -0.2) is 9.18 Å². The topological polar surface area (TPSA) is 66.4 Å². The average Bonchev–Trinajstić information content (AvgIpc) is 2.29. The Kier molecular flexibility index (Phi) is 7.02. The maximum absolute atomic E-state index is 13.2. The van der Waals surface area contributed by atoms with Crippen molar-refractivity contribution in [1.82, 2.24) is 0 Å². The molecule has 6 heteroatoms. The number of rotatable bonds is 4. The van der Waals surface area contributed by atoms with E-state index < -0.39 is 23.3 Å². The summed E-state index contributed by atoms with van der Waals surface area (Å²) >= 11 is 0. The average molecular weight is 244 g/mol. The molecular weight excluding hydrogens is 234 g/mol. The van der Waals surface area contributed by atoms with Crippen LogP contribution in [0.2, 0.25) is 0 Å². The zero-order valence-corrected chi connectivity index (χ0v) is 10.1. The number of ether oxygens (including phenoxy) is 1. The minimum atomic E-state index is -1.13. The van der Waals surface area contributed by atoms with Gasteiger partial charge in [-0.1, -0.05) is 24.0 Å². The normalized spacial score (nSPS) is 10.4. The maximum Gasteiger partial charge on any atom is 1.00 e. The molecule has 0 aliphatic rings. The third kappa shape index (κ3) is 4.36. The summed E-state index contributed by atoms with van der Waals surface area (Å²) in [5.74, 6) is -3.83. The van der Waals surface area contributed by atoms with E-state index in [4.69, 9.17) is 0 Å². The molecule has 0 heterocycles. The van der Waals surface area contributed by atoms with Gasteiger partial charge in [0.2, 0.25) is 0 Å². The minimum absolute atomic E-state index is 0. The molecule has 0 fully saturated rings. The molecule has 0 amide bonds. The molecular formula is C12H10FLiO4. The zero-order valence-electron chi connectivity index (χ0n) is 10.1. The first-order valence-corrected chi connectivity index (χ1v) is 4.91. The molecule has 0 atom stereocenters. The summed E-state index contributed by atoms with van der Waals surface area (Å²) in [6.07, 6.45) is 0.524. The van der Waals surface area contributed by atoms with Crippen molar-refractivity contribution in [3.8, 4) is 0 Å². The monoisotopic (exact) mass is 244 g/mol. The van der Waals surface area contributed by atoms with Crippen LogP contribution in [0.1, 0.15) is 12.5 Å². The van der Waals surface area contributed by atoms with Crippen molar-refractivity contribution < 1.29 is 42.7 Å². The Labute approximate surface area is 116 Å². The molecule has 1 aromatic rings. The number of esters is 1. The van der Waals surface area contributed by atoms with Crippen LogP contribution in [0.5, 0.6) is 0 Å². The van der Waals surface area contributed by atoms with Crippen molar-refractivity contribution in [1.29, 1.82) is 0 Å². The Hall–Kier alpha value is -1.57. The van der Waals surface area contributed by atoms with Crippen molar-refractivity contribution in [3.05, 3.63) is 41.7 Å². The number of halogens is 1. The van der Waals surface area contributed by atoms with Crippen LogP contribution in [0.3, 0.4) is 0 Å². The van der Waals surface area contributed by atoms with E-state index in [9.17, 15) is 19.1 Å². The quantitative estimate of drug-likeness (QED) is 0.196. The van der Waals surface area contributed by atoms with E-state index in [2.05, 4.69) is 4.74 Å². The van der Waals surface area contributed by atoms with Gasteiger partial charge in [0.15, 0.2) is 0 Å². The Morgan fingerprint density at radius 3 is 2.56 bits per heavy atom. The molecule has 0 radical (unpaired) electrons. The summed E-state index contributed by atoms with van der Waals surface area (Å²) in [7, 11) is 0. The van der Waals surface area contributed by atoms with Crippen molar-refractivity contribution >= 4 is 17.5 Å². The van der Waals surface area contributed by atoms with E-state index in [1.807, 2.05) is 0 Å². The first-order valence-electron chi connectivity index (χ1n) is 4.91. The second-order valence-corrected chi connectivity index (χ2v) is 3.07. The second-order valence-electron chi connectivity index (χ2n) is 3.07. The minimum Gasteiger partial charge on any atom is -0.872 e. The van der Waals surface area contributed by atoms with Gasteiger partial charge in [-0.05, 0) is 19.1 Å². The van der Waals surface area contributed by atoms with Crippen LogP contribution in [0.15, 0.2) is 30.3 Å². The molecule has 0 bridgehead atoms. The van der Waals surface area contributed by atoms with E-state index in [-0.39, 0.29) is 31.0 Å². The van der Waals surface area contributed by atoms with E-state index >= 15 is 0 Å². The third-order valence-corrected chi connectivity index (χ3v) is 1.88. The van der Waals surface area contributed by atoms with Gasteiger partial charge in [-0.15, -0.1) is 0 Å². The molecule has 0 N–H and O–H groups in total. The van der Waals surface area contributed by atoms with Crippen LogP contribution in [-0.2, 0) is 14.3 Å². The standard InChI is InChI=1S/C12H11FO4.Li/c1-2-17-12(16)11(15)7-10(14)8-5-3-4-6-9(8)13;/h3-7,14H,2H2,1H3;/q;+1/p-1/b10-7+;. The van der Waals surface area contributed by atoms with Crippen molar-refractivity contribution in [3.63, 3.8) is 0 Å². The van der Waals surface area contributed by atoms with Gasteiger partial charge < -0.3 is 9.84 Å². The number of ketones is 1. The van der Waals surface area contributed by atoms with Crippen molar-refractivity contribution in [2.75, 3.05) is 6.61 Å². The van der Waals surface area contributed by atoms with Crippen LogP contribution >= 0.6 is 0 Å². The number of benzene rings is 1. The third-order valence-electron chi connectivity index (χ3n) is 1.88. The molecule has 0 aliphatic carbocycles. The van der Waals surface area contributed by atoms with Gasteiger partial charge in [-0.2, -0.15) is 0 Å². The fraction of sp³-hybridized carbons (Fsp3) is 0.167. The van der Waals surface area contributed by atoms with Crippen LogP contribution in [0.4, 0.5) is 4.39 Å². The van der Waals surface area contributed by atoms with Crippen molar-refractivity contribution in [2.45, 2.75) is 6.92 Å². The summed E-state index contributed by atoms with van der Waals surface area (Å²) in [6, 6.07) is 5.20. The molecule has 0 saturated carbocycles. The largest absolute Gasteiger partial charge is 1.00 e. The van der Waals surface area contributed by atoms with Crippen LogP contribution in [0, 0.1) is 5.82 Å². The maximum atomic E-state index is 13.2. The predicted octanol–water partition coefficient (Wildman–Crippen LogP) is -2.34. The van der Waals surface area contributed by atoms with Gasteiger partial charge in [0.25, 0.3) is 5.78 Å². The molecule has 1 aromatic carbocycles. The number of carbonyl (C=O) groups is 2. The molecule has 0 aliphatic heterocycles. The molecule has 0 saturated heterocycles. The van der Waals surface area contributed by atoms with E-state index in [0.29, 0.717) is 6.08 Å². The first-order chi connectivity index (χ1) is 8.06.